The summed E-state index contributed by atoms with van der Waals surface area (Å²) in [6.07, 6.45) is 1.81. The lowest BCUT2D eigenvalue weighted by Gasteiger charge is -2.39. The molecule has 0 N–H and O–H groups in total. The zero-order chi connectivity index (χ0) is 18.1. The van der Waals surface area contributed by atoms with Gasteiger partial charge < -0.3 is 0 Å². The molecule has 0 bridgehead atoms. The highest BCUT2D eigenvalue weighted by molar-refractivity contribution is 7.91. The number of benzene rings is 2. The average Bonchev–Trinajstić information content (AvgIpc) is 2.60. The van der Waals surface area contributed by atoms with E-state index < -0.39 is 15.7 Å². The van der Waals surface area contributed by atoms with Crippen LogP contribution in [0.25, 0.3) is 10.8 Å². The Labute approximate surface area is 152 Å². The predicted octanol–water partition coefficient (Wildman–Crippen LogP) is 3.28. The molecule has 4 rings (SSSR count). The van der Waals surface area contributed by atoms with Crippen molar-refractivity contribution in [1.82, 2.24) is 9.88 Å². The first kappa shape index (κ1) is 17.1. The first-order valence-electron chi connectivity index (χ1n) is 8.54. The van der Waals surface area contributed by atoms with Crippen LogP contribution in [-0.2, 0) is 16.4 Å². The van der Waals surface area contributed by atoms with E-state index in [9.17, 15) is 12.8 Å². The molecule has 0 atom stereocenters. The zero-order valence-corrected chi connectivity index (χ0v) is 15.0. The number of aromatic nitrogens is 1. The fourth-order valence-corrected chi connectivity index (χ4v) is 5.05. The molecule has 1 fully saturated rings. The van der Waals surface area contributed by atoms with Crippen LogP contribution in [0.4, 0.5) is 4.39 Å². The normalized spacial score (nSPS) is 15.9. The van der Waals surface area contributed by atoms with Crippen LogP contribution >= 0.6 is 0 Å². The fourth-order valence-electron chi connectivity index (χ4n) is 3.48. The minimum Gasteiger partial charge on any atom is -0.297 e. The Balaban J connectivity index is 1.39. The number of nitrogens with zero attached hydrogens (tertiary/aromatic N) is 2. The van der Waals surface area contributed by atoms with Crippen molar-refractivity contribution in [2.45, 2.75) is 11.4 Å². The van der Waals surface area contributed by atoms with Crippen LogP contribution in [0, 0.1) is 11.7 Å². The van der Waals surface area contributed by atoms with E-state index in [0.29, 0.717) is 6.54 Å². The lowest BCUT2D eigenvalue weighted by Crippen LogP contribution is -2.48. The van der Waals surface area contributed by atoms with Crippen molar-refractivity contribution in [2.24, 2.45) is 5.92 Å². The number of rotatable bonds is 5. The summed E-state index contributed by atoms with van der Waals surface area (Å²) in [6.45, 7) is 2.17. The van der Waals surface area contributed by atoms with Crippen molar-refractivity contribution in [3.05, 3.63) is 72.3 Å². The standard InChI is InChI=1S/C20H19FN2O2S/c21-17-5-7-18(8-6-17)26(24,25)14-15-11-23(12-15)13-20-19-4-2-1-3-16(19)9-10-22-20/h1-10,15H,11-14H2. The van der Waals surface area contributed by atoms with Crippen LogP contribution in [0.5, 0.6) is 0 Å². The van der Waals surface area contributed by atoms with Crippen LogP contribution in [0.2, 0.25) is 0 Å². The molecule has 26 heavy (non-hydrogen) atoms. The number of hydrogen-bond acceptors (Lipinski definition) is 4. The van der Waals surface area contributed by atoms with E-state index in [0.717, 1.165) is 29.6 Å². The molecule has 1 saturated heterocycles. The monoisotopic (exact) mass is 370 g/mol. The maximum Gasteiger partial charge on any atom is 0.178 e. The van der Waals surface area contributed by atoms with Crippen molar-refractivity contribution in [3.8, 4) is 0 Å². The highest BCUT2D eigenvalue weighted by Gasteiger charge is 2.32. The van der Waals surface area contributed by atoms with Crippen LogP contribution in [0.1, 0.15) is 5.69 Å². The van der Waals surface area contributed by atoms with Gasteiger partial charge in [-0.05, 0) is 41.6 Å². The van der Waals surface area contributed by atoms with Gasteiger partial charge in [0.25, 0.3) is 0 Å². The summed E-state index contributed by atoms with van der Waals surface area (Å²) in [4.78, 5) is 6.88. The number of sulfone groups is 1. The van der Waals surface area contributed by atoms with Crippen LogP contribution < -0.4 is 0 Å². The third-order valence-electron chi connectivity index (χ3n) is 4.79. The molecule has 3 aromatic rings. The fraction of sp³-hybridized carbons (Fsp3) is 0.250. The highest BCUT2D eigenvalue weighted by Crippen LogP contribution is 2.25. The van der Waals surface area contributed by atoms with Gasteiger partial charge in [0.1, 0.15) is 5.82 Å². The molecule has 0 amide bonds. The molecule has 0 aliphatic carbocycles. The summed E-state index contributed by atoms with van der Waals surface area (Å²) < 4.78 is 37.8. The third-order valence-corrected chi connectivity index (χ3v) is 6.69. The first-order valence-corrected chi connectivity index (χ1v) is 10.2. The molecular weight excluding hydrogens is 351 g/mol. The second-order valence-corrected chi connectivity index (χ2v) is 8.81. The van der Waals surface area contributed by atoms with Gasteiger partial charge in [-0.1, -0.05) is 24.3 Å². The van der Waals surface area contributed by atoms with Gasteiger partial charge in [-0.15, -0.1) is 0 Å². The lowest BCUT2D eigenvalue weighted by molar-refractivity contribution is 0.106. The average molecular weight is 370 g/mol. The molecule has 2 aromatic carbocycles. The van der Waals surface area contributed by atoms with Crippen LogP contribution in [0.3, 0.4) is 0 Å². The van der Waals surface area contributed by atoms with E-state index in [4.69, 9.17) is 0 Å². The molecule has 134 valence electrons. The molecule has 1 aliphatic heterocycles. The molecule has 4 nitrogen and oxygen atoms in total. The van der Waals surface area contributed by atoms with Crippen molar-refractivity contribution in [3.63, 3.8) is 0 Å². The smallest absolute Gasteiger partial charge is 0.178 e. The number of pyridine rings is 1. The number of likely N-dealkylation sites (tertiary alicyclic amines) is 1. The molecule has 1 aliphatic rings. The van der Waals surface area contributed by atoms with E-state index in [-0.39, 0.29) is 16.6 Å². The molecule has 0 unspecified atom stereocenters. The summed E-state index contributed by atoms with van der Waals surface area (Å²) in [6, 6.07) is 15.2. The summed E-state index contributed by atoms with van der Waals surface area (Å²) >= 11 is 0. The van der Waals surface area contributed by atoms with Crippen molar-refractivity contribution >= 4 is 20.6 Å². The zero-order valence-electron chi connectivity index (χ0n) is 14.2. The van der Waals surface area contributed by atoms with Crippen molar-refractivity contribution < 1.29 is 12.8 Å². The second kappa shape index (κ2) is 6.78. The van der Waals surface area contributed by atoms with Crippen LogP contribution in [0.15, 0.2) is 65.7 Å². The highest BCUT2D eigenvalue weighted by atomic mass is 32.2. The Bertz CT molecular complexity index is 1020. The van der Waals surface area contributed by atoms with E-state index >= 15 is 0 Å². The predicted molar refractivity (Wildman–Crippen MR) is 99.0 cm³/mol. The molecule has 0 radical (unpaired) electrons. The first-order chi connectivity index (χ1) is 12.5. The summed E-state index contributed by atoms with van der Waals surface area (Å²) in [7, 11) is -3.38. The molecule has 6 heteroatoms. The third kappa shape index (κ3) is 3.48. The van der Waals surface area contributed by atoms with Crippen LogP contribution in [-0.4, -0.2) is 37.1 Å². The van der Waals surface area contributed by atoms with E-state index in [2.05, 4.69) is 22.0 Å². The molecule has 1 aromatic heterocycles. The number of halogens is 1. The van der Waals surface area contributed by atoms with E-state index in [1.54, 1.807) is 0 Å². The van der Waals surface area contributed by atoms with Gasteiger partial charge >= 0.3 is 0 Å². The largest absolute Gasteiger partial charge is 0.297 e. The Morgan fingerprint density at radius 3 is 2.54 bits per heavy atom. The minimum absolute atomic E-state index is 0.0953. The minimum atomic E-state index is -3.38. The quantitative estimate of drug-likeness (QED) is 0.647. The Kier molecular flexibility index (Phi) is 4.46. The van der Waals surface area contributed by atoms with Crippen molar-refractivity contribution in [1.29, 1.82) is 0 Å². The van der Waals surface area contributed by atoms with Gasteiger partial charge in [0.15, 0.2) is 9.84 Å². The molecular formula is C20H19FN2O2S. The number of hydrogen-bond donors (Lipinski definition) is 0. The molecule has 2 heterocycles. The van der Waals surface area contributed by atoms with Gasteiger partial charge in [-0.2, -0.15) is 0 Å². The van der Waals surface area contributed by atoms with E-state index in [1.165, 1.54) is 24.3 Å². The van der Waals surface area contributed by atoms with Gasteiger partial charge in [-0.25, -0.2) is 12.8 Å². The van der Waals surface area contributed by atoms with Gasteiger partial charge in [0, 0.05) is 31.2 Å². The SMILES string of the molecule is O=S(=O)(CC1CN(Cc2nccc3ccccc23)C1)c1ccc(F)cc1. The summed E-state index contributed by atoms with van der Waals surface area (Å²) in [5.74, 6) is -0.237. The van der Waals surface area contributed by atoms with E-state index in [1.807, 2.05) is 24.4 Å². The van der Waals surface area contributed by atoms with Gasteiger partial charge in [-0.3, -0.25) is 9.88 Å². The maximum atomic E-state index is 13.0. The lowest BCUT2D eigenvalue weighted by atomic mass is 10.0. The molecule has 0 saturated carbocycles. The summed E-state index contributed by atoms with van der Waals surface area (Å²) in [5, 5.41) is 2.30. The topological polar surface area (TPSA) is 50.3 Å². The van der Waals surface area contributed by atoms with Gasteiger partial charge in [0.2, 0.25) is 0 Å². The number of fused-ring (bicyclic) bond motifs is 1. The second-order valence-electron chi connectivity index (χ2n) is 6.77. The Morgan fingerprint density at radius 1 is 1.04 bits per heavy atom. The maximum absolute atomic E-state index is 13.0. The Morgan fingerprint density at radius 2 is 1.77 bits per heavy atom. The molecule has 0 spiro atoms. The van der Waals surface area contributed by atoms with Crippen molar-refractivity contribution in [2.75, 3.05) is 18.8 Å². The Hall–Kier alpha value is -2.31. The van der Waals surface area contributed by atoms with Gasteiger partial charge in [0.05, 0.1) is 16.3 Å². The summed E-state index contributed by atoms with van der Waals surface area (Å²) in [5.41, 5.74) is 1.02.